The van der Waals surface area contributed by atoms with E-state index in [2.05, 4.69) is 25.7 Å². The van der Waals surface area contributed by atoms with Crippen molar-refractivity contribution in [1.82, 2.24) is 5.32 Å². The zero-order valence-electron chi connectivity index (χ0n) is 11.2. The molecule has 0 aliphatic rings. The fraction of sp³-hybridized carbons (Fsp3) is 0.429. The molecule has 0 atom stereocenters. The molecule has 0 saturated heterocycles. The van der Waals surface area contributed by atoms with E-state index in [4.69, 9.17) is 9.47 Å². The topological polar surface area (TPSA) is 30.5 Å². The molecule has 0 aliphatic heterocycles. The molecule has 0 aromatic heterocycles. The fourth-order valence-electron chi connectivity index (χ4n) is 1.41. The number of rotatable bonds is 7. The van der Waals surface area contributed by atoms with Gasteiger partial charge in [0.2, 0.25) is 0 Å². The summed E-state index contributed by atoms with van der Waals surface area (Å²) >= 11 is 0. The van der Waals surface area contributed by atoms with E-state index in [0.717, 1.165) is 18.0 Å². The van der Waals surface area contributed by atoms with Crippen LogP contribution in [-0.4, -0.2) is 19.8 Å². The molecule has 1 aromatic rings. The normalized spacial score (nSPS) is 9.78. The van der Waals surface area contributed by atoms with Crippen LogP contribution in [0.4, 0.5) is 0 Å². The van der Waals surface area contributed by atoms with Crippen molar-refractivity contribution in [2.24, 2.45) is 0 Å². The van der Waals surface area contributed by atoms with Crippen molar-refractivity contribution in [1.29, 1.82) is 0 Å². The summed E-state index contributed by atoms with van der Waals surface area (Å²) in [6.07, 6.45) is 1.72. The van der Waals surface area contributed by atoms with Crippen LogP contribution in [0.1, 0.15) is 19.4 Å². The number of hydrogen-bond acceptors (Lipinski definition) is 3. The van der Waals surface area contributed by atoms with Crippen molar-refractivity contribution >= 4 is 12.4 Å². The van der Waals surface area contributed by atoms with Gasteiger partial charge in [0.05, 0.1) is 7.11 Å². The van der Waals surface area contributed by atoms with Crippen molar-refractivity contribution in [2.75, 3.05) is 13.7 Å². The van der Waals surface area contributed by atoms with Gasteiger partial charge in [0.1, 0.15) is 6.61 Å². The van der Waals surface area contributed by atoms with Crippen molar-refractivity contribution in [3.8, 4) is 11.5 Å². The Labute approximate surface area is 116 Å². The minimum atomic E-state index is 0. The second-order valence-electron chi connectivity index (χ2n) is 4.12. The van der Waals surface area contributed by atoms with Gasteiger partial charge in [-0.15, -0.1) is 12.4 Å². The smallest absolute Gasteiger partial charge is 0.161 e. The monoisotopic (exact) mass is 271 g/mol. The Kier molecular flexibility index (Phi) is 8.25. The van der Waals surface area contributed by atoms with Gasteiger partial charge in [-0.05, 0) is 17.7 Å². The number of nitrogens with one attached hydrogen (secondary N) is 1. The van der Waals surface area contributed by atoms with Gasteiger partial charge in [0, 0.05) is 12.6 Å². The van der Waals surface area contributed by atoms with Crippen LogP contribution in [0.2, 0.25) is 0 Å². The largest absolute Gasteiger partial charge is 0.493 e. The van der Waals surface area contributed by atoms with Gasteiger partial charge in [-0.3, -0.25) is 0 Å². The van der Waals surface area contributed by atoms with Gasteiger partial charge in [-0.2, -0.15) is 0 Å². The Hall–Kier alpha value is -1.19. The SMILES string of the molecule is C=CCOc1ccc(CNC(C)C)cc1OC.Cl. The maximum absolute atomic E-state index is 5.49. The highest BCUT2D eigenvalue weighted by atomic mass is 35.5. The molecule has 0 radical (unpaired) electrons. The zero-order chi connectivity index (χ0) is 12.7. The Morgan fingerprint density at radius 1 is 1.33 bits per heavy atom. The second-order valence-corrected chi connectivity index (χ2v) is 4.12. The summed E-state index contributed by atoms with van der Waals surface area (Å²) in [6.45, 7) is 9.18. The van der Waals surface area contributed by atoms with E-state index >= 15 is 0 Å². The zero-order valence-corrected chi connectivity index (χ0v) is 12.0. The Balaban J connectivity index is 0.00000289. The highest BCUT2D eigenvalue weighted by Crippen LogP contribution is 2.28. The molecule has 1 aromatic carbocycles. The van der Waals surface area contributed by atoms with Crippen LogP contribution in [-0.2, 0) is 6.54 Å². The number of ether oxygens (including phenoxy) is 2. The maximum Gasteiger partial charge on any atom is 0.161 e. The molecular weight excluding hydrogens is 250 g/mol. The Morgan fingerprint density at radius 2 is 2.06 bits per heavy atom. The van der Waals surface area contributed by atoms with Gasteiger partial charge in [-0.25, -0.2) is 0 Å². The molecule has 0 spiro atoms. The Morgan fingerprint density at radius 3 is 2.61 bits per heavy atom. The number of benzene rings is 1. The first-order valence-electron chi connectivity index (χ1n) is 5.81. The number of methoxy groups -OCH3 is 1. The first-order valence-corrected chi connectivity index (χ1v) is 5.81. The average Bonchev–Trinajstić information content (AvgIpc) is 2.34. The van der Waals surface area contributed by atoms with Crippen molar-refractivity contribution in [3.05, 3.63) is 36.4 Å². The van der Waals surface area contributed by atoms with E-state index in [-0.39, 0.29) is 12.4 Å². The van der Waals surface area contributed by atoms with E-state index in [1.54, 1.807) is 13.2 Å². The summed E-state index contributed by atoms with van der Waals surface area (Å²) in [6, 6.07) is 6.43. The highest BCUT2D eigenvalue weighted by Gasteiger charge is 2.05. The van der Waals surface area contributed by atoms with Crippen LogP contribution in [0, 0.1) is 0 Å². The molecule has 0 bridgehead atoms. The lowest BCUT2D eigenvalue weighted by molar-refractivity contribution is 0.326. The summed E-state index contributed by atoms with van der Waals surface area (Å²) in [5.41, 5.74) is 1.18. The molecule has 0 saturated carbocycles. The third-order valence-electron chi connectivity index (χ3n) is 2.30. The molecule has 1 rings (SSSR count). The van der Waals surface area contributed by atoms with Gasteiger partial charge < -0.3 is 14.8 Å². The molecule has 0 heterocycles. The predicted octanol–water partition coefficient (Wildman–Crippen LogP) is 3.18. The van der Waals surface area contributed by atoms with E-state index in [9.17, 15) is 0 Å². The van der Waals surface area contributed by atoms with E-state index in [0.29, 0.717) is 12.6 Å². The molecule has 4 heteroatoms. The van der Waals surface area contributed by atoms with Crippen molar-refractivity contribution in [3.63, 3.8) is 0 Å². The lowest BCUT2D eigenvalue weighted by atomic mass is 10.2. The van der Waals surface area contributed by atoms with E-state index in [1.807, 2.05) is 18.2 Å². The Bertz CT molecular complexity index is 367. The van der Waals surface area contributed by atoms with Crippen LogP contribution < -0.4 is 14.8 Å². The molecule has 0 fully saturated rings. The van der Waals surface area contributed by atoms with Crippen molar-refractivity contribution < 1.29 is 9.47 Å². The first kappa shape index (κ1) is 16.8. The van der Waals surface area contributed by atoms with E-state index in [1.165, 1.54) is 5.56 Å². The maximum atomic E-state index is 5.49. The molecular formula is C14H22ClNO2. The standard InChI is InChI=1S/C14H21NO2.ClH/c1-5-8-17-13-7-6-12(9-14(13)16-4)10-15-11(2)3;/h5-7,9,11,15H,1,8,10H2,2-4H3;1H. The van der Waals surface area contributed by atoms with Gasteiger partial charge in [-0.1, -0.05) is 32.6 Å². The number of hydrogen-bond donors (Lipinski definition) is 1. The minimum Gasteiger partial charge on any atom is -0.493 e. The van der Waals surface area contributed by atoms with Crippen LogP contribution in [0.5, 0.6) is 11.5 Å². The first-order chi connectivity index (χ1) is 8.17. The highest BCUT2D eigenvalue weighted by molar-refractivity contribution is 5.85. The van der Waals surface area contributed by atoms with Crippen molar-refractivity contribution in [2.45, 2.75) is 26.4 Å². The summed E-state index contributed by atoms with van der Waals surface area (Å²) in [4.78, 5) is 0. The van der Waals surface area contributed by atoms with Crippen LogP contribution in [0.25, 0.3) is 0 Å². The van der Waals surface area contributed by atoms with Gasteiger partial charge in [0.25, 0.3) is 0 Å². The van der Waals surface area contributed by atoms with Crippen LogP contribution in [0.15, 0.2) is 30.9 Å². The van der Waals surface area contributed by atoms with Gasteiger partial charge in [0.15, 0.2) is 11.5 Å². The lowest BCUT2D eigenvalue weighted by Gasteiger charge is -2.12. The molecule has 1 N–H and O–H groups in total. The molecule has 18 heavy (non-hydrogen) atoms. The second kappa shape index (κ2) is 8.84. The molecule has 0 unspecified atom stereocenters. The van der Waals surface area contributed by atoms with E-state index < -0.39 is 0 Å². The fourth-order valence-corrected chi connectivity index (χ4v) is 1.41. The molecule has 3 nitrogen and oxygen atoms in total. The third-order valence-corrected chi connectivity index (χ3v) is 2.30. The average molecular weight is 272 g/mol. The van der Waals surface area contributed by atoms with Crippen LogP contribution in [0.3, 0.4) is 0 Å². The summed E-state index contributed by atoms with van der Waals surface area (Å²) < 4.78 is 10.8. The molecule has 102 valence electrons. The molecule has 0 aliphatic carbocycles. The predicted molar refractivity (Wildman–Crippen MR) is 77.9 cm³/mol. The summed E-state index contributed by atoms with van der Waals surface area (Å²) in [5, 5.41) is 3.36. The summed E-state index contributed by atoms with van der Waals surface area (Å²) in [7, 11) is 1.65. The quantitative estimate of drug-likeness (QED) is 0.773. The summed E-state index contributed by atoms with van der Waals surface area (Å²) in [5.74, 6) is 1.51. The van der Waals surface area contributed by atoms with Crippen LogP contribution >= 0.6 is 12.4 Å². The molecule has 0 amide bonds. The minimum absolute atomic E-state index is 0. The number of halogens is 1. The third kappa shape index (κ3) is 5.43. The lowest BCUT2D eigenvalue weighted by Crippen LogP contribution is -2.21. The van der Waals surface area contributed by atoms with Gasteiger partial charge >= 0.3 is 0 Å².